The Morgan fingerprint density at radius 2 is 2.06 bits per heavy atom. The fourth-order valence-electron chi connectivity index (χ4n) is 2.04. The molecule has 16 heavy (non-hydrogen) atoms. The third kappa shape index (κ3) is 1.61. The lowest BCUT2D eigenvalue weighted by Crippen LogP contribution is -2.31. The third-order valence-corrected chi connectivity index (χ3v) is 2.94. The van der Waals surface area contributed by atoms with Crippen molar-refractivity contribution in [2.45, 2.75) is 25.4 Å². The van der Waals surface area contributed by atoms with Crippen LogP contribution in [0.5, 0.6) is 0 Å². The zero-order valence-electron chi connectivity index (χ0n) is 9.00. The van der Waals surface area contributed by atoms with Crippen molar-refractivity contribution >= 4 is 0 Å². The molecule has 1 aromatic carbocycles. The van der Waals surface area contributed by atoms with Crippen LogP contribution in [0.1, 0.15) is 12.2 Å². The second kappa shape index (κ2) is 3.72. The van der Waals surface area contributed by atoms with Crippen LogP contribution in [-0.4, -0.2) is 20.8 Å². The van der Waals surface area contributed by atoms with Crippen molar-refractivity contribution in [3.05, 3.63) is 36.2 Å². The Balaban J connectivity index is 1.99. The quantitative estimate of drug-likeness (QED) is 0.776. The highest BCUT2D eigenvalue weighted by atomic mass is 15.4. The standard InChI is InChI=1S/C12H14N4/c13-10-6-7-16-11(8-10)14-12(15-16)9-4-2-1-3-5-9/h1-5,10H,6-8,13H2. The minimum absolute atomic E-state index is 0.236. The summed E-state index contributed by atoms with van der Waals surface area (Å²) in [6.45, 7) is 0.885. The molecular formula is C12H14N4. The predicted molar refractivity (Wildman–Crippen MR) is 61.8 cm³/mol. The van der Waals surface area contributed by atoms with E-state index in [1.807, 2.05) is 35.0 Å². The zero-order valence-corrected chi connectivity index (χ0v) is 9.00. The molecule has 4 nitrogen and oxygen atoms in total. The summed E-state index contributed by atoms with van der Waals surface area (Å²) < 4.78 is 1.98. The van der Waals surface area contributed by atoms with Gasteiger partial charge in [0.05, 0.1) is 0 Å². The molecule has 1 aliphatic heterocycles. The van der Waals surface area contributed by atoms with Crippen molar-refractivity contribution < 1.29 is 0 Å². The van der Waals surface area contributed by atoms with Gasteiger partial charge in [0.25, 0.3) is 0 Å². The van der Waals surface area contributed by atoms with E-state index < -0.39 is 0 Å². The van der Waals surface area contributed by atoms with Gasteiger partial charge in [-0.05, 0) is 6.42 Å². The van der Waals surface area contributed by atoms with E-state index in [1.54, 1.807) is 0 Å². The first kappa shape index (κ1) is 9.54. The van der Waals surface area contributed by atoms with Gasteiger partial charge in [-0.25, -0.2) is 9.67 Å². The lowest BCUT2D eigenvalue weighted by molar-refractivity contribution is 0.433. The fraction of sp³-hybridized carbons (Fsp3) is 0.333. The largest absolute Gasteiger partial charge is 0.327 e. The molecule has 0 saturated carbocycles. The van der Waals surface area contributed by atoms with Crippen molar-refractivity contribution in [2.75, 3.05) is 0 Å². The van der Waals surface area contributed by atoms with Crippen LogP contribution < -0.4 is 5.73 Å². The summed E-state index contributed by atoms with van der Waals surface area (Å²) in [5.74, 6) is 1.82. The monoisotopic (exact) mass is 214 g/mol. The maximum absolute atomic E-state index is 5.92. The first-order chi connectivity index (χ1) is 7.83. The van der Waals surface area contributed by atoms with Gasteiger partial charge in [0.2, 0.25) is 0 Å². The SMILES string of the molecule is NC1CCn2nc(-c3ccccc3)nc2C1. The summed E-state index contributed by atoms with van der Waals surface area (Å²) in [7, 11) is 0. The van der Waals surface area contributed by atoms with Crippen LogP contribution in [0.25, 0.3) is 11.4 Å². The summed E-state index contributed by atoms with van der Waals surface area (Å²) in [4.78, 5) is 4.54. The average molecular weight is 214 g/mol. The highest BCUT2D eigenvalue weighted by molar-refractivity contribution is 5.54. The molecule has 0 saturated heterocycles. The van der Waals surface area contributed by atoms with Crippen molar-refractivity contribution in [3.8, 4) is 11.4 Å². The molecule has 1 atom stereocenters. The number of nitrogens with two attached hydrogens (primary N) is 1. The topological polar surface area (TPSA) is 56.7 Å². The summed E-state index contributed by atoms with van der Waals surface area (Å²) >= 11 is 0. The predicted octanol–water partition coefficient (Wildman–Crippen LogP) is 1.22. The Kier molecular flexibility index (Phi) is 2.22. The van der Waals surface area contributed by atoms with Gasteiger partial charge in [-0.2, -0.15) is 5.10 Å². The number of aryl methyl sites for hydroxylation is 1. The number of aromatic nitrogens is 3. The Morgan fingerprint density at radius 3 is 2.88 bits per heavy atom. The third-order valence-electron chi connectivity index (χ3n) is 2.94. The second-order valence-electron chi connectivity index (χ2n) is 4.19. The first-order valence-corrected chi connectivity index (χ1v) is 5.57. The fourth-order valence-corrected chi connectivity index (χ4v) is 2.04. The van der Waals surface area contributed by atoms with Crippen molar-refractivity contribution in [2.24, 2.45) is 5.73 Å². The van der Waals surface area contributed by atoms with Crippen LogP contribution in [0.15, 0.2) is 30.3 Å². The molecule has 2 N–H and O–H groups in total. The molecule has 2 aromatic rings. The van der Waals surface area contributed by atoms with Crippen molar-refractivity contribution in [3.63, 3.8) is 0 Å². The molecule has 0 spiro atoms. The van der Waals surface area contributed by atoms with Gasteiger partial charge in [-0.15, -0.1) is 0 Å². The van der Waals surface area contributed by atoms with Crippen molar-refractivity contribution in [1.29, 1.82) is 0 Å². The van der Waals surface area contributed by atoms with Crippen LogP contribution in [-0.2, 0) is 13.0 Å². The number of benzene rings is 1. The van der Waals surface area contributed by atoms with Crippen LogP contribution in [0, 0.1) is 0 Å². The average Bonchev–Trinajstić information content (AvgIpc) is 2.73. The molecule has 0 aliphatic carbocycles. The number of hydrogen-bond donors (Lipinski definition) is 1. The lowest BCUT2D eigenvalue weighted by atomic mass is 10.1. The Bertz CT molecular complexity index is 489. The molecule has 3 rings (SSSR count). The van der Waals surface area contributed by atoms with E-state index >= 15 is 0 Å². The molecule has 0 fully saturated rings. The number of rotatable bonds is 1. The molecule has 1 unspecified atom stereocenters. The van der Waals surface area contributed by atoms with Gasteiger partial charge < -0.3 is 5.73 Å². The van der Waals surface area contributed by atoms with E-state index in [9.17, 15) is 0 Å². The maximum Gasteiger partial charge on any atom is 0.181 e. The van der Waals surface area contributed by atoms with Gasteiger partial charge in [-0.3, -0.25) is 0 Å². The number of nitrogens with zero attached hydrogens (tertiary/aromatic N) is 3. The van der Waals surface area contributed by atoms with E-state index in [1.165, 1.54) is 0 Å². The van der Waals surface area contributed by atoms with Gasteiger partial charge in [0.1, 0.15) is 5.82 Å². The van der Waals surface area contributed by atoms with Crippen molar-refractivity contribution in [1.82, 2.24) is 14.8 Å². The highest BCUT2D eigenvalue weighted by Crippen LogP contribution is 2.18. The van der Waals surface area contributed by atoms with E-state index in [0.717, 1.165) is 36.6 Å². The van der Waals surface area contributed by atoms with Crippen LogP contribution >= 0.6 is 0 Å². The van der Waals surface area contributed by atoms with Gasteiger partial charge in [0, 0.05) is 24.6 Å². The molecule has 0 amide bonds. The minimum atomic E-state index is 0.236. The maximum atomic E-state index is 5.92. The summed E-state index contributed by atoms with van der Waals surface area (Å²) in [6, 6.07) is 10.3. The second-order valence-corrected chi connectivity index (χ2v) is 4.19. The Hall–Kier alpha value is -1.68. The number of fused-ring (bicyclic) bond motifs is 1. The summed E-state index contributed by atoms with van der Waals surface area (Å²) in [5.41, 5.74) is 6.98. The molecule has 2 heterocycles. The lowest BCUT2D eigenvalue weighted by Gasteiger charge is -2.17. The van der Waals surface area contributed by atoms with Crippen LogP contribution in [0.3, 0.4) is 0 Å². The molecule has 4 heteroatoms. The first-order valence-electron chi connectivity index (χ1n) is 5.57. The van der Waals surface area contributed by atoms with E-state index in [0.29, 0.717) is 0 Å². The summed E-state index contributed by atoms with van der Waals surface area (Å²) in [6.07, 6.45) is 1.82. The van der Waals surface area contributed by atoms with Gasteiger partial charge in [-0.1, -0.05) is 30.3 Å². The highest BCUT2D eigenvalue weighted by Gasteiger charge is 2.19. The molecular weight excluding hydrogens is 200 g/mol. The van der Waals surface area contributed by atoms with Crippen LogP contribution in [0.2, 0.25) is 0 Å². The van der Waals surface area contributed by atoms with Crippen LogP contribution in [0.4, 0.5) is 0 Å². The van der Waals surface area contributed by atoms with E-state index in [2.05, 4.69) is 10.1 Å². The molecule has 1 aromatic heterocycles. The van der Waals surface area contributed by atoms with Gasteiger partial charge >= 0.3 is 0 Å². The Labute approximate surface area is 94.1 Å². The smallest absolute Gasteiger partial charge is 0.181 e. The normalized spacial score (nSPS) is 19.4. The molecule has 0 bridgehead atoms. The Morgan fingerprint density at radius 1 is 1.25 bits per heavy atom. The number of hydrogen-bond acceptors (Lipinski definition) is 3. The van der Waals surface area contributed by atoms with E-state index in [-0.39, 0.29) is 6.04 Å². The van der Waals surface area contributed by atoms with E-state index in [4.69, 9.17) is 5.73 Å². The van der Waals surface area contributed by atoms with Gasteiger partial charge in [0.15, 0.2) is 5.82 Å². The zero-order chi connectivity index (χ0) is 11.0. The molecule has 0 radical (unpaired) electrons. The summed E-state index contributed by atoms with van der Waals surface area (Å²) in [5, 5.41) is 4.51. The molecule has 82 valence electrons. The molecule has 1 aliphatic rings. The minimum Gasteiger partial charge on any atom is -0.327 e.